The summed E-state index contributed by atoms with van der Waals surface area (Å²) in [6.45, 7) is 0. The fourth-order valence-corrected chi connectivity index (χ4v) is 2.44. The summed E-state index contributed by atoms with van der Waals surface area (Å²) in [6.07, 6.45) is 5.43. The Labute approximate surface area is 118 Å². The lowest BCUT2D eigenvalue weighted by Gasteiger charge is -2.08. The molecule has 0 saturated carbocycles. The van der Waals surface area contributed by atoms with Crippen LogP contribution in [0.15, 0.2) is 47.3 Å². The molecule has 0 saturated heterocycles. The smallest absolute Gasteiger partial charge is 0.161 e. The monoisotopic (exact) mass is 321 g/mol. The Balaban J connectivity index is 2.31. The fourth-order valence-electron chi connectivity index (χ4n) is 1.94. The van der Waals surface area contributed by atoms with Gasteiger partial charge >= 0.3 is 0 Å². The van der Waals surface area contributed by atoms with Gasteiger partial charge in [0, 0.05) is 23.7 Å². The number of nitrogens with zero attached hydrogens (tertiary/aromatic N) is 3. The molecule has 3 nitrogen and oxygen atoms in total. The molecule has 3 aromatic rings. The van der Waals surface area contributed by atoms with E-state index in [1.54, 1.807) is 17.1 Å². The van der Waals surface area contributed by atoms with Crippen molar-refractivity contribution in [3.8, 4) is 5.82 Å². The number of fused-ring (bicyclic) bond motifs is 1. The van der Waals surface area contributed by atoms with Crippen LogP contribution in [-0.4, -0.2) is 14.8 Å². The molecule has 90 valence electrons. The maximum absolute atomic E-state index is 5.94. The van der Waals surface area contributed by atoms with Crippen LogP contribution in [-0.2, 0) is 5.88 Å². The van der Waals surface area contributed by atoms with Crippen LogP contribution in [0.5, 0.6) is 0 Å². The molecule has 0 bridgehead atoms. The Morgan fingerprint density at radius 3 is 2.61 bits per heavy atom. The first-order chi connectivity index (χ1) is 8.79. The molecule has 3 rings (SSSR count). The summed E-state index contributed by atoms with van der Waals surface area (Å²) in [6, 6.07) is 8.07. The molecule has 0 radical (unpaired) electrons. The predicted octanol–water partition coefficient (Wildman–Crippen LogP) is 3.92. The van der Waals surface area contributed by atoms with E-state index in [1.807, 2.05) is 24.4 Å². The molecule has 0 aliphatic carbocycles. The normalized spacial score (nSPS) is 11.0. The minimum absolute atomic E-state index is 0.455. The number of aromatic nitrogens is 3. The lowest BCUT2D eigenvalue weighted by Crippen LogP contribution is -2.00. The van der Waals surface area contributed by atoms with Gasteiger partial charge in [-0.15, -0.1) is 11.6 Å². The standard InChI is InChI=1S/C13H9BrClN3/c14-10-7-17-18(8-10)13-12-4-2-1-3-11(12)9(5-15)6-16-13/h1-4,6-8H,5H2. The van der Waals surface area contributed by atoms with E-state index in [2.05, 4.69) is 32.1 Å². The van der Waals surface area contributed by atoms with E-state index in [0.29, 0.717) is 5.88 Å². The predicted molar refractivity (Wildman–Crippen MR) is 76.1 cm³/mol. The Bertz CT molecular complexity index is 708. The highest BCUT2D eigenvalue weighted by Gasteiger charge is 2.09. The molecular weight excluding hydrogens is 314 g/mol. The van der Waals surface area contributed by atoms with Gasteiger partial charge in [-0.05, 0) is 26.9 Å². The summed E-state index contributed by atoms with van der Waals surface area (Å²) >= 11 is 9.33. The SMILES string of the molecule is ClCc1cnc(-n2cc(Br)cn2)c2ccccc12. The zero-order chi connectivity index (χ0) is 12.5. The number of benzene rings is 1. The number of pyridine rings is 1. The molecule has 18 heavy (non-hydrogen) atoms. The van der Waals surface area contributed by atoms with E-state index in [4.69, 9.17) is 11.6 Å². The molecule has 0 aliphatic rings. The van der Waals surface area contributed by atoms with Gasteiger partial charge in [-0.3, -0.25) is 0 Å². The molecule has 2 aromatic heterocycles. The van der Waals surface area contributed by atoms with Crippen molar-refractivity contribution in [3.63, 3.8) is 0 Å². The van der Waals surface area contributed by atoms with Gasteiger partial charge in [-0.2, -0.15) is 5.10 Å². The van der Waals surface area contributed by atoms with E-state index in [0.717, 1.165) is 26.6 Å². The molecule has 0 spiro atoms. The first-order valence-electron chi connectivity index (χ1n) is 5.42. The van der Waals surface area contributed by atoms with Crippen LogP contribution in [0.3, 0.4) is 0 Å². The van der Waals surface area contributed by atoms with E-state index in [-0.39, 0.29) is 0 Å². The van der Waals surface area contributed by atoms with Gasteiger partial charge in [0.05, 0.1) is 10.7 Å². The molecule has 5 heteroatoms. The summed E-state index contributed by atoms with van der Waals surface area (Å²) < 4.78 is 2.68. The average molecular weight is 323 g/mol. The lowest BCUT2D eigenvalue weighted by atomic mass is 10.1. The molecule has 0 atom stereocenters. The molecule has 1 aromatic carbocycles. The minimum atomic E-state index is 0.455. The van der Waals surface area contributed by atoms with E-state index in [9.17, 15) is 0 Å². The first kappa shape index (κ1) is 11.7. The van der Waals surface area contributed by atoms with Crippen LogP contribution < -0.4 is 0 Å². The maximum atomic E-state index is 5.94. The van der Waals surface area contributed by atoms with Crippen molar-refractivity contribution >= 4 is 38.3 Å². The zero-order valence-electron chi connectivity index (χ0n) is 9.35. The van der Waals surface area contributed by atoms with Crippen LogP contribution >= 0.6 is 27.5 Å². The van der Waals surface area contributed by atoms with Crippen LogP contribution in [0.1, 0.15) is 5.56 Å². The zero-order valence-corrected chi connectivity index (χ0v) is 11.7. The summed E-state index contributed by atoms with van der Waals surface area (Å²) in [5.41, 5.74) is 1.03. The number of rotatable bonds is 2. The van der Waals surface area contributed by atoms with Crippen molar-refractivity contribution < 1.29 is 0 Å². The van der Waals surface area contributed by atoms with Gasteiger partial charge in [0.15, 0.2) is 5.82 Å². The fraction of sp³-hybridized carbons (Fsp3) is 0.0769. The Kier molecular flexibility index (Phi) is 3.06. The van der Waals surface area contributed by atoms with Crippen LogP contribution in [0, 0.1) is 0 Å². The molecule has 0 amide bonds. The summed E-state index contributed by atoms with van der Waals surface area (Å²) in [4.78, 5) is 4.46. The number of alkyl halides is 1. The van der Waals surface area contributed by atoms with Gasteiger partial charge in [-0.1, -0.05) is 24.3 Å². The molecular formula is C13H9BrClN3. The van der Waals surface area contributed by atoms with Crippen LogP contribution in [0.25, 0.3) is 16.6 Å². The second-order valence-electron chi connectivity index (χ2n) is 3.89. The molecule has 2 heterocycles. The third-order valence-corrected chi connectivity index (χ3v) is 3.47. The highest BCUT2D eigenvalue weighted by Crippen LogP contribution is 2.24. The molecule has 0 fully saturated rings. The van der Waals surface area contributed by atoms with Crippen molar-refractivity contribution in [2.75, 3.05) is 0 Å². The number of halogens is 2. The van der Waals surface area contributed by atoms with Gasteiger partial charge < -0.3 is 0 Å². The largest absolute Gasteiger partial charge is 0.236 e. The lowest BCUT2D eigenvalue weighted by molar-refractivity contribution is 0.854. The van der Waals surface area contributed by atoms with Crippen molar-refractivity contribution in [1.29, 1.82) is 0 Å². The van der Waals surface area contributed by atoms with Crippen molar-refractivity contribution in [1.82, 2.24) is 14.8 Å². The minimum Gasteiger partial charge on any atom is -0.236 e. The van der Waals surface area contributed by atoms with Crippen molar-refractivity contribution in [2.45, 2.75) is 5.88 Å². The van der Waals surface area contributed by atoms with Crippen molar-refractivity contribution in [3.05, 3.63) is 52.9 Å². The highest BCUT2D eigenvalue weighted by molar-refractivity contribution is 9.10. The highest BCUT2D eigenvalue weighted by atomic mass is 79.9. The van der Waals surface area contributed by atoms with Gasteiger partial charge in [0.1, 0.15) is 0 Å². The van der Waals surface area contributed by atoms with Gasteiger partial charge in [-0.25, -0.2) is 9.67 Å². The maximum Gasteiger partial charge on any atom is 0.161 e. The molecule has 0 N–H and O–H groups in total. The third kappa shape index (κ3) is 1.91. The van der Waals surface area contributed by atoms with E-state index >= 15 is 0 Å². The third-order valence-electron chi connectivity index (χ3n) is 2.77. The van der Waals surface area contributed by atoms with Gasteiger partial charge in [0.25, 0.3) is 0 Å². The Morgan fingerprint density at radius 2 is 1.94 bits per heavy atom. The summed E-state index contributed by atoms with van der Waals surface area (Å²) in [5, 5.41) is 6.43. The number of hydrogen-bond acceptors (Lipinski definition) is 2. The average Bonchev–Trinajstić information content (AvgIpc) is 2.84. The van der Waals surface area contributed by atoms with Crippen molar-refractivity contribution in [2.24, 2.45) is 0 Å². The van der Waals surface area contributed by atoms with Crippen LogP contribution in [0.4, 0.5) is 0 Å². The van der Waals surface area contributed by atoms with E-state index in [1.165, 1.54) is 0 Å². The Morgan fingerprint density at radius 1 is 1.17 bits per heavy atom. The summed E-state index contributed by atoms with van der Waals surface area (Å²) in [5.74, 6) is 1.27. The number of hydrogen-bond donors (Lipinski definition) is 0. The Hall–Kier alpha value is -1.39. The molecule has 0 aliphatic heterocycles. The quantitative estimate of drug-likeness (QED) is 0.669. The molecule has 0 unspecified atom stereocenters. The first-order valence-corrected chi connectivity index (χ1v) is 6.75. The van der Waals surface area contributed by atoms with Gasteiger partial charge in [0.2, 0.25) is 0 Å². The van der Waals surface area contributed by atoms with Crippen LogP contribution in [0.2, 0.25) is 0 Å². The second kappa shape index (κ2) is 4.71. The topological polar surface area (TPSA) is 30.7 Å². The second-order valence-corrected chi connectivity index (χ2v) is 5.07. The van der Waals surface area contributed by atoms with E-state index < -0.39 is 0 Å². The summed E-state index contributed by atoms with van der Waals surface area (Å²) in [7, 11) is 0.